The van der Waals surface area contributed by atoms with Crippen LogP contribution in [0, 0.1) is 0 Å². The summed E-state index contributed by atoms with van der Waals surface area (Å²) in [6, 6.07) is 4.16. The van der Waals surface area contributed by atoms with E-state index in [2.05, 4.69) is 26.5 Å². The molecule has 0 atom stereocenters. The maximum absolute atomic E-state index is 12.5. The zero-order valence-electron chi connectivity index (χ0n) is 13.9. The molecule has 1 aliphatic heterocycles. The van der Waals surface area contributed by atoms with Crippen molar-refractivity contribution in [1.29, 1.82) is 0 Å². The van der Waals surface area contributed by atoms with Gasteiger partial charge in [0.2, 0.25) is 0 Å². The van der Waals surface area contributed by atoms with Crippen molar-refractivity contribution in [3.8, 4) is 0 Å². The summed E-state index contributed by atoms with van der Waals surface area (Å²) < 4.78 is 48.1. The first-order valence-corrected chi connectivity index (χ1v) is 8.98. The number of methoxy groups -OCH3 is 1. The van der Waals surface area contributed by atoms with Crippen LogP contribution in [0.4, 0.5) is 13.2 Å². The normalized spacial score (nSPS) is 18.6. The first-order valence-electron chi connectivity index (χ1n) is 8.10. The molecule has 25 heavy (non-hydrogen) atoms. The zero-order valence-corrected chi connectivity index (χ0v) is 14.7. The Labute approximate surface area is 147 Å². The second-order valence-electron chi connectivity index (χ2n) is 6.18. The lowest BCUT2D eigenvalue weighted by molar-refractivity contribution is -0.128. The van der Waals surface area contributed by atoms with Crippen LogP contribution >= 0.6 is 11.3 Å². The Morgan fingerprint density at radius 1 is 1.36 bits per heavy atom. The number of rotatable bonds is 6. The van der Waals surface area contributed by atoms with Gasteiger partial charge in [-0.1, -0.05) is 11.2 Å². The van der Waals surface area contributed by atoms with Crippen LogP contribution in [0.5, 0.6) is 0 Å². The van der Waals surface area contributed by atoms with Crippen molar-refractivity contribution in [2.75, 3.05) is 26.7 Å². The van der Waals surface area contributed by atoms with Gasteiger partial charge in [0.1, 0.15) is 12.0 Å². The molecule has 0 radical (unpaired) electrons. The molecule has 9 heteroatoms. The van der Waals surface area contributed by atoms with Crippen molar-refractivity contribution in [2.45, 2.75) is 37.5 Å². The molecule has 0 amide bonds. The Morgan fingerprint density at radius 2 is 2.12 bits per heavy atom. The number of hydrogen-bond acceptors (Lipinski definition) is 6. The molecule has 0 aromatic carbocycles. The van der Waals surface area contributed by atoms with Gasteiger partial charge >= 0.3 is 6.18 Å². The van der Waals surface area contributed by atoms with Crippen LogP contribution in [0.3, 0.4) is 0 Å². The number of piperidine rings is 1. The third-order valence-electron chi connectivity index (χ3n) is 4.53. The van der Waals surface area contributed by atoms with Crippen molar-refractivity contribution in [3.05, 3.63) is 34.1 Å². The van der Waals surface area contributed by atoms with Crippen molar-refractivity contribution in [1.82, 2.24) is 15.0 Å². The van der Waals surface area contributed by atoms with Crippen LogP contribution in [-0.4, -0.2) is 48.0 Å². The Hall–Kier alpha value is -1.45. The molecule has 0 bridgehead atoms. The van der Waals surface area contributed by atoms with E-state index >= 15 is 0 Å². The predicted octanol–water partition coefficient (Wildman–Crippen LogP) is 3.42. The summed E-state index contributed by atoms with van der Waals surface area (Å²) in [5.74, 6) is -0.203. The van der Waals surface area contributed by atoms with E-state index in [1.165, 1.54) is 12.0 Å². The van der Waals surface area contributed by atoms with E-state index in [-0.39, 0.29) is 11.7 Å². The van der Waals surface area contributed by atoms with Gasteiger partial charge in [-0.05, 0) is 30.7 Å². The molecule has 0 spiro atoms. The number of halogens is 3. The van der Waals surface area contributed by atoms with Crippen LogP contribution < -0.4 is 0 Å². The molecule has 0 unspecified atom stereocenters. The Morgan fingerprint density at radius 3 is 2.72 bits per heavy atom. The lowest BCUT2D eigenvalue weighted by Crippen LogP contribution is -2.44. The second kappa shape index (κ2) is 7.43. The predicted molar refractivity (Wildman–Crippen MR) is 86.4 cm³/mol. The maximum Gasteiger partial charge on any atom is 0.396 e. The summed E-state index contributed by atoms with van der Waals surface area (Å²) >= 11 is 1.74. The third kappa shape index (κ3) is 4.59. The van der Waals surface area contributed by atoms with E-state index < -0.39 is 18.2 Å². The quantitative estimate of drug-likeness (QED) is 0.774. The number of thiophene rings is 1. The van der Waals surface area contributed by atoms with Crippen LogP contribution in [0.2, 0.25) is 0 Å². The van der Waals surface area contributed by atoms with Crippen LogP contribution in [0.15, 0.2) is 22.0 Å². The van der Waals surface area contributed by atoms with Crippen molar-refractivity contribution in [3.63, 3.8) is 0 Å². The molecule has 1 fully saturated rings. The maximum atomic E-state index is 12.5. The van der Waals surface area contributed by atoms with E-state index in [1.807, 2.05) is 6.07 Å². The van der Waals surface area contributed by atoms with Gasteiger partial charge in [0, 0.05) is 31.6 Å². The minimum absolute atomic E-state index is 0.146. The van der Waals surface area contributed by atoms with Crippen molar-refractivity contribution in [2.24, 2.45) is 0 Å². The zero-order chi connectivity index (χ0) is 17.9. The highest BCUT2D eigenvalue weighted by atomic mass is 32.1. The van der Waals surface area contributed by atoms with Crippen LogP contribution in [0.25, 0.3) is 0 Å². The highest BCUT2D eigenvalue weighted by Gasteiger charge is 2.42. The molecule has 0 aliphatic carbocycles. The molecule has 1 saturated heterocycles. The average molecular weight is 375 g/mol. The molecular formula is C16H20F3N3O2S. The molecule has 0 N–H and O–H groups in total. The summed E-state index contributed by atoms with van der Waals surface area (Å²) in [5.41, 5.74) is -0.795. The van der Waals surface area contributed by atoms with Gasteiger partial charge in [0.05, 0.1) is 0 Å². The molecule has 3 heterocycles. The van der Waals surface area contributed by atoms with E-state index in [0.717, 1.165) is 26.1 Å². The number of ether oxygens (including phenoxy) is 1. The van der Waals surface area contributed by atoms with Crippen LogP contribution in [0.1, 0.15) is 29.4 Å². The van der Waals surface area contributed by atoms with Gasteiger partial charge in [0.15, 0.2) is 5.82 Å². The fourth-order valence-electron chi connectivity index (χ4n) is 3.06. The van der Waals surface area contributed by atoms with E-state index in [9.17, 15) is 13.2 Å². The van der Waals surface area contributed by atoms with Crippen molar-refractivity contribution < 1.29 is 22.4 Å². The molecule has 1 aliphatic rings. The molecule has 0 saturated carbocycles. The van der Waals surface area contributed by atoms with E-state index in [0.29, 0.717) is 12.8 Å². The van der Waals surface area contributed by atoms with Gasteiger partial charge in [-0.25, -0.2) is 0 Å². The summed E-state index contributed by atoms with van der Waals surface area (Å²) in [6.07, 6.45) is -3.33. The minimum Gasteiger partial charge on any atom is -0.368 e. The van der Waals surface area contributed by atoms with Gasteiger partial charge in [-0.2, -0.15) is 18.2 Å². The van der Waals surface area contributed by atoms with Gasteiger partial charge < -0.3 is 14.2 Å². The fourth-order valence-corrected chi connectivity index (χ4v) is 3.75. The smallest absolute Gasteiger partial charge is 0.368 e. The first-order chi connectivity index (χ1) is 11.9. The number of aromatic nitrogens is 2. The third-order valence-corrected chi connectivity index (χ3v) is 5.46. The Kier molecular flexibility index (Phi) is 5.45. The standard InChI is InChI=1S/C16H20F3N3O2S/c1-23-15(14-20-13(21-24-14)11-16(17,18)19)5-8-22(9-6-15)7-4-12-3-2-10-25-12/h2-3,10H,4-9,11H2,1H3. The topological polar surface area (TPSA) is 51.4 Å². The van der Waals surface area contributed by atoms with Crippen molar-refractivity contribution >= 4 is 11.3 Å². The lowest BCUT2D eigenvalue weighted by Gasteiger charge is -2.38. The summed E-state index contributed by atoms with van der Waals surface area (Å²) in [6.45, 7) is 2.50. The van der Waals surface area contributed by atoms with Gasteiger partial charge in [-0.3, -0.25) is 0 Å². The van der Waals surface area contributed by atoms with Gasteiger partial charge in [0.25, 0.3) is 5.89 Å². The molecule has 3 rings (SSSR count). The number of hydrogen-bond donors (Lipinski definition) is 0. The summed E-state index contributed by atoms with van der Waals surface area (Å²) in [5, 5.41) is 5.53. The molecular weight excluding hydrogens is 355 g/mol. The van der Waals surface area contributed by atoms with E-state index in [4.69, 9.17) is 9.26 Å². The SMILES string of the molecule is COC1(c2nc(CC(F)(F)F)no2)CCN(CCc2cccs2)CC1. The highest BCUT2D eigenvalue weighted by Crippen LogP contribution is 2.35. The summed E-state index contributed by atoms with van der Waals surface area (Å²) in [4.78, 5) is 7.60. The number of nitrogens with zero attached hydrogens (tertiary/aromatic N) is 3. The molecule has 2 aromatic heterocycles. The Bertz CT molecular complexity index is 664. The number of likely N-dealkylation sites (tertiary alicyclic amines) is 1. The fraction of sp³-hybridized carbons (Fsp3) is 0.625. The highest BCUT2D eigenvalue weighted by molar-refractivity contribution is 7.09. The lowest BCUT2D eigenvalue weighted by atomic mass is 9.90. The van der Waals surface area contributed by atoms with Gasteiger partial charge in [-0.15, -0.1) is 11.3 Å². The Balaban J connectivity index is 1.59. The first kappa shape index (κ1) is 18.3. The molecule has 138 valence electrons. The number of alkyl halides is 3. The molecule has 5 nitrogen and oxygen atoms in total. The summed E-state index contributed by atoms with van der Waals surface area (Å²) in [7, 11) is 1.54. The monoisotopic (exact) mass is 375 g/mol. The van der Waals surface area contributed by atoms with E-state index in [1.54, 1.807) is 11.3 Å². The van der Waals surface area contributed by atoms with Crippen LogP contribution in [-0.2, 0) is 23.2 Å². The minimum atomic E-state index is -4.35. The second-order valence-corrected chi connectivity index (χ2v) is 7.21. The average Bonchev–Trinajstić information content (AvgIpc) is 3.24. The largest absolute Gasteiger partial charge is 0.396 e. The molecule has 2 aromatic rings.